The fourth-order valence-electron chi connectivity index (χ4n) is 3.84. The second kappa shape index (κ2) is 7.34. The molecule has 0 spiro atoms. The van der Waals surface area contributed by atoms with Crippen LogP contribution < -0.4 is 16.4 Å². The molecular formula is C21H23N9. The molecule has 4 N–H and O–H groups in total. The van der Waals surface area contributed by atoms with Crippen molar-refractivity contribution in [3.8, 4) is 11.4 Å². The fourth-order valence-corrected chi connectivity index (χ4v) is 3.84. The Morgan fingerprint density at radius 1 is 1.13 bits per heavy atom. The Morgan fingerprint density at radius 2 is 1.97 bits per heavy atom. The minimum Gasteiger partial charge on any atom is -0.383 e. The summed E-state index contributed by atoms with van der Waals surface area (Å²) in [7, 11) is 3.83. The molecule has 1 saturated carbocycles. The molecule has 0 unspecified atom stereocenters. The Morgan fingerprint density at radius 3 is 2.70 bits per heavy atom. The molecule has 4 heterocycles. The molecule has 1 atom stereocenters. The number of rotatable bonds is 6. The standard InChI is InChI=1S/C21H23N9/c1-23-20(12-3-4-12)13-5-6-24-18(8-13)28-19-9-14-7-16(17-11-26-29-30(17)2)27-21(22)15(14)10-25-19/h5-12,20,23H,3-4H2,1-2H3,(H2,22,27)(H,24,25,28)/t20-/m0/s1. The second-order valence-corrected chi connectivity index (χ2v) is 7.63. The highest BCUT2D eigenvalue weighted by atomic mass is 15.4. The molecule has 152 valence electrons. The second-order valence-electron chi connectivity index (χ2n) is 7.63. The summed E-state index contributed by atoms with van der Waals surface area (Å²) < 4.78 is 1.67. The van der Waals surface area contributed by atoms with Crippen molar-refractivity contribution in [3.05, 3.63) is 48.4 Å². The van der Waals surface area contributed by atoms with E-state index in [1.807, 2.05) is 32.4 Å². The number of nitrogens with zero attached hydrogens (tertiary/aromatic N) is 6. The minimum atomic E-state index is 0.360. The highest BCUT2D eigenvalue weighted by molar-refractivity contribution is 5.94. The minimum absolute atomic E-state index is 0.360. The zero-order chi connectivity index (χ0) is 20.7. The largest absolute Gasteiger partial charge is 0.383 e. The summed E-state index contributed by atoms with van der Waals surface area (Å²) in [4.78, 5) is 13.4. The van der Waals surface area contributed by atoms with Crippen molar-refractivity contribution >= 4 is 28.2 Å². The highest BCUT2D eigenvalue weighted by Gasteiger charge is 2.31. The molecule has 4 aromatic rings. The molecule has 0 radical (unpaired) electrons. The van der Waals surface area contributed by atoms with Crippen LogP contribution in [0.25, 0.3) is 22.2 Å². The monoisotopic (exact) mass is 401 g/mol. The first-order valence-corrected chi connectivity index (χ1v) is 9.94. The van der Waals surface area contributed by atoms with Gasteiger partial charge in [-0.25, -0.2) is 19.6 Å². The lowest BCUT2D eigenvalue weighted by molar-refractivity contribution is 0.528. The molecule has 0 aliphatic heterocycles. The molecule has 1 aliphatic carbocycles. The van der Waals surface area contributed by atoms with Gasteiger partial charge in [-0.3, -0.25) is 0 Å². The quantitative estimate of drug-likeness (QED) is 0.451. The summed E-state index contributed by atoms with van der Waals surface area (Å²) >= 11 is 0. The van der Waals surface area contributed by atoms with Gasteiger partial charge in [0.25, 0.3) is 0 Å². The Labute approximate surface area is 173 Å². The van der Waals surface area contributed by atoms with Crippen LogP contribution in [-0.2, 0) is 7.05 Å². The lowest BCUT2D eigenvalue weighted by atomic mass is 10.0. The van der Waals surface area contributed by atoms with Crippen molar-refractivity contribution in [1.82, 2.24) is 35.3 Å². The molecule has 30 heavy (non-hydrogen) atoms. The van der Waals surface area contributed by atoms with Crippen LogP contribution in [-0.4, -0.2) is 37.0 Å². The van der Waals surface area contributed by atoms with Gasteiger partial charge in [-0.05, 0) is 61.0 Å². The first kappa shape index (κ1) is 18.4. The molecule has 5 rings (SSSR count). The lowest BCUT2D eigenvalue weighted by Gasteiger charge is -2.16. The molecule has 0 amide bonds. The summed E-state index contributed by atoms with van der Waals surface area (Å²) in [5.74, 6) is 2.58. The Bertz CT molecular complexity index is 1210. The van der Waals surface area contributed by atoms with Crippen LogP contribution in [0.4, 0.5) is 17.5 Å². The van der Waals surface area contributed by atoms with Gasteiger partial charge in [-0.15, -0.1) is 5.10 Å². The number of pyridine rings is 3. The van der Waals surface area contributed by atoms with Crippen molar-refractivity contribution in [2.75, 3.05) is 18.1 Å². The van der Waals surface area contributed by atoms with Gasteiger partial charge < -0.3 is 16.4 Å². The molecule has 1 fully saturated rings. The van der Waals surface area contributed by atoms with Crippen LogP contribution in [0, 0.1) is 5.92 Å². The summed E-state index contributed by atoms with van der Waals surface area (Å²) in [6.07, 6.45) is 7.78. The van der Waals surface area contributed by atoms with Crippen LogP contribution in [0.3, 0.4) is 0 Å². The Balaban J connectivity index is 1.47. The van der Waals surface area contributed by atoms with Gasteiger partial charge in [0.15, 0.2) is 0 Å². The van der Waals surface area contributed by atoms with Crippen molar-refractivity contribution in [2.45, 2.75) is 18.9 Å². The first-order valence-electron chi connectivity index (χ1n) is 9.94. The van der Waals surface area contributed by atoms with Gasteiger partial charge in [0, 0.05) is 30.9 Å². The van der Waals surface area contributed by atoms with Crippen molar-refractivity contribution in [2.24, 2.45) is 13.0 Å². The highest BCUT2D eigenvalue weighted by Crippen LogP contribution is 2.41. The van der Waals surface area contributed by atoms with Gasteiger partial charge >= 0.3 is 0 Å². The third kappa shape index (κ3) is 3.43. The van der Waals surface area contributed by atoms with Crippen LogP contribution in [0.15, 0.2) is 42.9 Å². The number of anilines is 3. The molecule has 9 heteroatoms. The van der Waals surface area contributed by atoms with Crippen molar-refractivity contribution < 1.29 is 0 Å². The van der Waals surface area contributed by atoms with E-state index in [0.29, 0.717) is 29.3 Å². The van der Waals surface area contributed by atoms with Gasteiger partial charge in [0.2, 0.25) is 0 Å². The van der Waals surface area contributed by atoms with Crippen molar-refractivity contribution in [3.63, 3.8) is 0 Å². The number of nitrogens with one attached hydrogen (secondary N) is 2. The van der Waals surface area contributed by atoms with E-state index in [-0.39, 0.29) is 0 Å². The molecule has 0 saturated heterocycles. The predicted molar refractivity (Wildman–Crippen MR) is 116 cm³/mol. The van der Waals surface area contributed by atoms with E-state index < -0.39 is 0 Å². The fraction of sp³-hybridized carbons (Fsp3) is 0.286. The van der Waals surface area contributed by atoms with Gasteiger partial charge in [-0.2, -0.15) is 0 Å². The number of hydrogen-bond acceptors (Lipinski definition) is 8. The maximum atomic E-state index is 6.18. The molecule has 1 aliphatic rings. The lowest BCUT2D eigenvalue weighted by Crippen LogP contribution is -2.18. The molecule has 0 aromatic carbocycles. The van der Waals surface area contributed by atoms with E-state index in [9.17, 15) is 0 Å². The number of aromatic nitrogens is 6. The van der Waals surface area contributed by atoms with Gasteiger partial charge in [0.05, 0.1) is 11.9 Å². The van der Waals surface area contributed by atoms with E-state index in [4.69, 9.17) is 5.73 Å². The zero-order valence-electron chi connectivity index (χ0n) is 16.9. The summed E-state index contributed by atoms with van der Waals surface area (Å²) in [6, 6.07) is 8.42. The van der Waals surface area contributed by atoms with E-state index in [2.05, 4.69) is 48.0 Å². The number of nitrogen functional groups attached to an aromatic ring is 1. The van der Waals surface area contributed by atoms with Crippen LogP contribution in [0.2, 0.25) is 0 Å². The Kier molecular flexibility index (Phi) is 4.51. The smallest absolute Gasteiger partial charge is 0.133 e. The number of nitrogens with two attached hydrogens (primary N) is 1. The molecule has 9 nitrogen and oxygen atoms in total. The average molecular weight is 401 g/mol. The normalized spacial score (nSPS) is 14.7. The predicted octanol–water partition coefficient (Wildman–Crippen LogP) is 2.82. The average Bonchev–Trinajstić information content (AvgIpc) is 3.48. The van der Waals surface area contributed by atoms with Crippen LogP contribution >= 0.6 is 0 Å². The molecule has 0 bridgehead atoms. The number of fused-ring (bicyclic) bond motifs is 1. The summed E-state index contributed by atoms with van der Waals surface area (Å²) in [5, 5.41) is 16.4. The molecular weight excluding hydrogens is 378 g/mol. The third-order valence-corrected chi connectivity index (χ3v) is 5.53. The van der Waals surface area contributed by atoms with Crippen LogP contribution in [0.1, 0.15) is 24.4 Å². The summed E-state index contributed by atoms with van der Waals surface area (Å²) in [5.41, 5.74) is 8.92. The molecule has 4 aromatic heterocycles. The van der Waals surface area contributed by atoms with Crippen molar-refractivity contribution in [1.29, 1.82) is 0 Å². The van der Waals surface area contributed by atoms with E-state index in [1.54, 1.807) is 17.1 Å². The van der Waals surface area contributed by atoms with Gasteiger partial charge in [-0.1, -0.05) is 5.21 Å². The Hall–Kier alpha value is -3.59. The SMILES string of the molecule is CN[C@H](c1ccnc(Nc2cc3cc(-c4cnnn4C)nc(N)c3cn2)c1)C1CC1. The van der Waals surface area contributed by atoms with Gasteiger partial charge in [0.1, 0.15) is 23.1 Å². The summed E-state index contributed by atoms with van der Waals surface area (Å²) in [6.45, 7) is 0. The van der Waals surface area contributed by atoms with E-state index >= 15 is 0 Å². The van der Waals surface area contributed by atoms with Crippen LogP contribution in [0.5, 0.6) is 0 Å². The maximum absolute atomic E-state index is 6.18. The zero-order valence-corrected chi connectivity index (χ0v) is 16.9. The number of hydrogen-bond donors (Lipinski definition) is 3. The maximum Gasteiger partial charge on any atom is 0.133 e. The topological polar surface area (TPSA) is 119 Å². The van der Waals surface area contributed by atoms with E-state index in [0.717, 1.165) is 22.3 Å². The third-order valence-electron chi connectivity index (χ3n) is 5.53. The first-order chi connectivity index (χ1) is 14.6. The van der Waals surface area contributed by atoms with E-state index in [1.165, 1.54) is 18.4 Å². The number of aryl methyl sites for hydroxylation is 1.